The van der Waals surface area contributed by atoms with E-state index in [1.807, 2.05) is 4.90 Å². The number of aliphatic carboxylic acids is 1. The van der Waals surface area contributed by atoms with Crippen LogP contribution < -0.4 is 4.90 Å². The summed E-state index contributed by atoms with van der Waals surface area (Å²) < 4.78 is 0. The number of hydrogen-bond donors (Lipinski definition) is 1. The largest absolute Gasteiger partial charge is 0.480 e. The summed E-state index contributed by atoms with van der Waals surface area (Å²) in [5, 5.41) is 17.7. The Morgan fingerprint density at radius 1 is 1.67 bits per heavy atom. The number of carboxylic acid groups (broad SMARTS) is 1. The van der Waals surface area contributed by atoms with Gasteiger partial charge in [0, 0.05) is 6.54 Å². The first kappa shape index (κ1) is 10.4. The number of piperidine rings is 1. The van der Waals surface area contributed by atoms with Gasteiger partial charge in [0.25, 0.3) is 0 Å². The Morgan fingerprint density at radius 2 is 2.47 bits per heavy atom. The maximum absolute atomic E-state index is 11.3. The van der Waals surface area contributed by atoms with Crippen LogP contribution in [0.15, 0.2) is 5.51 Å². The van der Waals surface area contributed by atoms with Crippen LogP contribution in [0.4, 0.5) is 5.13 Å². The van der Waals surface area contributed by atoms with Crippen LogP contribution >= 0.6 is 11.3 Å². The molecule has 1 fully saturated rings. The Bertz CT molecular complexity index is 354. The van der Waals surface area contributed by atoms with Crippen LogP contribution in [0.1, 0.15) is 26.2 Å². The van der Waals surface area contributed by atoms with Crippen molar-refractivity contribution in [1.29, 1.82) is 0 Å². The number of hydrogen-bond acceptors (Lipinski definition) is 5. The molecule has 2 rings (SSSR count). The van der Waals surface area contributed by atoms with Crippen LogP contribution in [0.5, 0.6) is 0 Å². The summed E-state index contributed by atoms with van der Waals surface area (Å²) in [6.07, 6.45) is 2.64. The molecule has 1 aromatic rings. The van der Waals surface area contributed by atoms with E-state index in [2.05, 4.69) is 10.2 Å². The van der Waals surface area contributed by atoms with E-state index in [0.717, 1.165) is 19.4 Å². The van der Waals surface area contributed by atoms with Crippen molar-refractivity contribution in [2.45, 2.75) is 31.7 Å². The Labute approximate surface area is 91.7 Å². The maximum atomic E-state index is 11.3. The molecule has 0 spiro atoms. The van der Waals surface area contributed by atoms with Gasteiger partial charge >= 0.3 is 5.97 Å². The second-order valence-corrected chi connectivity index (χ2v) is 4.72. The maximum Gasteiger partial charge on any atom is 0.329 e. The summed E-state index contributed by atoms with van der Waals surface area (Å²) in [5.74, 6) is -0.780. The van der Waals surface area contributed by atoms with Crippen molar-refractivity contribution in [2.75, 3.05) is 11.4 Å². The molecule has 1 unspecified atom stereocenters. The number of carboxylic acids is 1. The summed E-state index contributed by atoms with van der Waals surface area (Å²) in [7, 11) is 0. The van der Waals surface area contributed by atoms with Gasteiger partial charge in [-0.1, -0.05) is 11.3 Å². The van der Waals surface area contributed by atoms with E-state index in [-0.39, 0.29) is 0 Å². The number of carbonyl (C=O) groups is 1. The lowest BCUT2D eigenvalue weighted by Crippen LogP contribution is -2.55. The van der Waals surface area contributed by atoms with Gasteiger partial charge in [-0.3, -0.25) is 0 Å². The molecule has 6 heteroatoms. The molecule has 2 heterocycles. The van der Waals surface area contributed by atoms with Gasteiger partial charge in [0.15, 0.2) is 0 Å². The Balaban J connectivity index is 2.31. The summed E-state index contributed by atoms with van der Waals surface area (Å²) in [4.78, 5) is 13.2. The monoisotopic (exact) mass is 227 g/mol. The van der Waals surface area contributed by atoms with Crippen molar-refractivity contribution < 1.29 is 9.90 Å². The van der Waals surface area contributed by atoms with Crippen LogP contribution in [0.3, 0.4) is 0 Å². The Kier molecular flexibility index (Phi) is 2.60. The zero-order valence-corrected chi connectivity index (χ0v) is 9.33. The lowest BCUT2D eigenvalue weighted by molar-refractivity contribution is -0.143. The molecule has 1 aliphatic rings. The third kappa shape index (κ3) is 1.69. The molecule has 1 aliphatic heterocycles. The third-order valence-electron chi connectivity index (χ3n) is 2.93. The van der Waals surface area contributed by atoms with Gasteiger partial charge in [-0.25, -0.2) is 4.79 Å². The second kappa shape index (κ2) is 3.77. The predicted octanol–water partition coefficient (Wildman–Crippen LogP) is 1.37. The molecule has 15 heavy (non-hydrogen) atoms. The molecule has 1 aromatic heterocycles. The molecule has 82 valence electrons. The second-order valence-electron chi connectivity index (χ2n) is 3.91. The summed E-state index contributed by atoms with van der Waals surface area (Å²) in [6.45, 7) is 2.51. The molecule has 0 amide bonds. The minimum atomic E-state index is -0.822. The predicted molar refractivity (Wildman–Crippen MR) is 57.1 cm³/mol. The van der Waals surface area contributed by atoms with Crippen LogP contribution in [0.25, 0.3) is 0 Å². The van der Waals surface area contributed by atoms with E-state index < -0.39 is 11.5 Å². The number of aromatic nitrogens is 2. The van der Waals surface area contributed by atoms with Gasteiger partial charge in [0.1, 0.15) is 11.0 Å². The van der Waals surface area contributed by atoms with Crippen molar-refractivity contribution in [3.05, 3.63) is 5.51 Å². The molecule has 0 aromatic carbocycles. The highest BCUT2D eigenvalue weighted by Gasteiger charge is 2.42. The zero-order chi connectivity index (χ0) is 10.9. The number of nitrogens with zero attached hydrogens (tertiary/aromatic N) is 3. The molecule has 1 N–H and O–H groups in total. The topological polar surface area (TPSA) is 66.3 Å². The smallest absolute Gasteiger partial charge is 0.329 e. The fraction of sp³-hybridized carbons (Fsp3) is 0.667. The third-order valence-corrected chi connectivity index (χ3v) is 3.64. The van der Waals surface area contributed by atoms with E-state index in [0.29, 0.717) is 11.6 Å². The molecular formula is C9H13N3O2S. The van der Waals surface area contributed by atoms with Crippen LogP contribution in [0, 0.1) is 0 Å². The molecule has 5 nitrogen and oxygen atoms in total. The quantitative estimate of drug-likeness (QED) is 0.826. The number of rotatable bonds is 2. The molecule has 1 saturated heterocycles. The van der Waals surface area contributed by atoms with Gasteiger partial charge in [0.05, 0.1) is 0 Å². The van der Waals surface area contributed by atoms with Gasteiger partial charge < -0.3 is 10.0 Å². The first-order valence-electron chi connectivity index (χ1n) is 4.92. The minimum absolute atomic E-state index is 0.669. The highest BCUT2D eigenvalue weighted by Crippen LogP contribution is 2.33. The van der Waals surface area contributed by atoms with E-state index in [1.54, 1.807) is 12.4 Å². The average molecular weight is 227 g/mol. The SMILES string of the molecule is CC1(C(=O)O)CCCCN1c1nncs1. The van der Waals surface area contributed by atoms with Crippen molar-refractivity contribution in [1.82, 2.24) is 10.2 Å². The Hall–Kier alpha value is -1.17. The van der Waals surface area contributed by atoms with Crippen molar-refractivity contribution in [3.8, 4) is 0 Å². The van der Waals surface area contributed by atoms with E-state index in [9.17, 15) is 9.90 Å². The average Bonchev–Trinajstić information content (AvgIpc) is 2.71. The van der Waals surface area contributed by atoms with Crippen molar-refractivity contribution >= 4 is 22.4 Å². The fourth-order valence-corrected chi connectivity index (χ4v) is 2.64. The van der Waals surface area contributed by atoms with Crippen LogP contribution in [-0.2, 0) is 4.79 Å². The molecule has 0 aliphatic carbocycles. The van der Waals surface area contributed by atoms with Gasteiger partial charge in [-0.05, 0) is 26.2 Å². The molecule has 1 atom stereocenters. The van der Waals surface area contributed by atoms with E-state index in [1.165, 1.54) is 11.3 Å². The minimum Gasteiger partial charge on any atom is -0.480 e. The zero-order valence-electron chi connectivity index (χ0n) is 8.51. The molecule has 0 bridgehead atoms. The van der Waals surface area contributed by atoms with Crippen molar-refractivity contribution in [3.63, 3.8) is 0 Å². The molecular weight excluding hydrogens is 214 g/mol. The number of anilines is 1. The summed E-state index contributed by atoms with van der Waals surface area (Å²) in [6, 6.07) is 0. The molecule has 0 saturated carbocycles. The first-order chi connectivity index (χ1) is 7.14. The van der Waals surface area contributed by atoms with Crippen LogP contribution in [0.2, 0.25) is 0 Å². The highest BCUT2D eigenvalue weighted by atomic mass is 32.1. The van der Waals surface area contributed by atoms with Gasteiger partial charge in [-0.2, -0.15) is 0 Å². The fourth-order valence-electron chi connectivity index (χ4n) is 1.93. The normalized spacial score (nSPS) is 26.6. The summed E-state index contributed by atoms with van der Waals surface area (Å²) >= 11 is 1.39. The van der Waals surface area contributed by atoms with Crippen LogP contribution in [-0.4, -0.2) is 33.4 Å². The molecule has 0 radical (unpaired) electrons. The first-order valence-corrected chi connectivity index (χ1v) is 5.80. The summed E-state index contributed by atoms with van der Waals surface area (Å²) in [5.41, 5.74) is 0.810. The lowest BCUT2D eigenvalue weighted by atomic mass is 9.89. The standard InChI is InChI=1S/C9H13N3O2S/c1-9(7(13)14)4-2-3-5-12(9)8-11-10-6-15-8/h6H,2-5H2,1H3,(H,13,14). The van der Waals surface area contributed by atoms with Gasteiger partial charge in [0.2, 0.25) is 5.13 Å². The highest BCUT2D eigenvalue weighted by molar-refractivity contribution is 7.13. The Morgan fingerprint density at radius 3 is 3.07 bits per heavy atom. The van der Waals surface area contributed by atoms with E-state index >= 15 is 0 Å². The lowest BCUT2D eigenvalue weighted by Gasteiger charge is -2.41. The van der Waals surface area contributed by atoms with Crippen molar-refractivity contribution in [2.24, 2.45) is 0 Å². The van der Waals surface area contributed by atoms with Gasteiger partial charge in [-0.15, -0.1) is 10.2 Å². The van der Waals surface area contributed by atoms with E-state index in [4.69, 9.17) is 0 Å².